The molecule has 1 N–H and O–H groups in total. The van der Waals surface area contributed by atoms with Gasteiger partial charge in [0.25, 0.3) is 0 Å². The highest BCUT2D eigenvalue weighted by atomic mass is 16.5. The number of nitrogens with zero attached hydrogens (tertiary/aromatic N) is 1. The fourth-order valence-electron chi connectivity index (χ4n) is 2.29. The van der Waals surface area contributed by atoms with E-state index < -0.39 is 6.23 Å². The molecule has 4 heteroatoms. The van der Waals surface area contributed by atoms with Crippen molar-refractivity contribution in [1.29, 1.82) is 0 Å². The molecular formula is C16H35NO3. The summed E-state index contributed by atoms with van der Waals surface area (Å²) in [6, 6.07) is 0. The van der Waals surface area contributed by atoms with Gasteiger partial charge in [-0.15, -0.1) is 0 Å². The summed E-state index contributed by atoms with van der Waals surface area (Å²) in [6.45, 7) is 11.5. The molecule has 0 fully saturated rings. The van der Waals surface area contributed by atoms with E-state index in [4.69, 9.17) is 9.47 Å². The average molecular weight is 289 g/mol. The Hall–Kier alpha value is -0.160. The molecule has 0 aromatic heterocycles. The summed E-state index contributed by atoms with van der Waals surface area (Å²) in [5.41, 5.74) is 0. The number of hydrogen-bond acceptors (Lipinski definition) is 4. The number of hydrogen-bond donors (Lipinski definition) is 1. The molecule has 0 heterocycles. The second-order valence-corrected chi connectivity index (χ2v) is 5.43. The molecule has 0 saturated heterocycles. The maximum Gasteiger partial charge on any atom is 0.111 e. The van der Waals surface area contributed by atoms with E-state index >= 15 is 0 Å². The number of aliphatic hydroxyl groups is 1. The highest BCUT2D eigenvalue weighted by Crippen LogP contribution is 2.13. The van der Waals surface area contributed by atoms with Crippen LogP contribution in [0, 0.1) is 0 Å². The Morgan fingerprint density at radius 3 is 1.50 bits per heavy atom. The van der Waals surface area contributed by atoms with Crippen LogP contribution in [0.4, 0.5) is 0 Å². The molecule has 0 aliphatic rings. The van der Waals surface area contributed by atoms with E-state index in [1.807, 2.05) is 18.7 Å². The SMILES string of the molecule is CCCCCOC(C)N(C(C)O)C(C)OCCCCC. The second kappa shape index (κ2) is 12.6. The summed E-state index contributed by atoms with van der Waals surface area (Å²) in [5.74, 6) is 0. The molecule has 0 aromatic carbocycles. The number of unbranched alkanes of at least 4 members (excludes halogenated alkanes) is 4. The second-order valence-electron chi connectivity index (χ2n) is 5.43. The van der Waals surface area contributed by atoms with Crippen molar-refractivity contribution in [3.05, 3.63) is 0 Å². The summed E-state index contributed by atoms with van der Waals surface area (Å²) < 4.78 is 11.6. The zero-order valence-corrected chi connectivity index (χ0v) is 14.1. The monoisotopic (exact) mass is 289 g/mol. The third-order valence-electron chi connectivity index (χ3n) is 3.49. The van der Waals surface area contributed by atoms with E-state index in [9.17, 15) is 5.11 Å². The molecule has 0 aromatic rings. The Bertz CT molecular complexity index is 194. The van der Waals surface area contributed by atoms with Gasteiger partial charge >= 0.3 is 0 Å². The van der Waals surface area contributed by atoms with Crippen LogP contribution in [0.15, 0.2) is 0 Å². The van der Waals surface area contributed by atoms with Gasteiger partial charge in [-0.3, -0.25) is 0 Å². The molecule has 0 rings (SSSR count). The third-order valence-corrected chi connectivity index (χ3v) is 3.49. The van der Waals surface area contributed by atoms with Crippen molar-refractivity contribution in [2.75, 3.05) is 13.2 Å². The van der Waals surface area contributed by atoms with Gasteiger partial charge in [-0.2, -0.15) is 0 Å². The minimum absolute atomic E-state index is 0.131. The summed E-state index contributed by atoms with van der Waals surface area (Å²) in [5, 5.41) is 9.92. The van der Waals surface area contributed by atoms with Crippen LogP contribution in [-0.2, 0) is 9.47 Å². The van der Waals surface area contributed by atoms with Gasteiger partial charge in [0.2, 0.25) is 0 Å². The lowest BCUT2D eigenvalue weighted by atomic mass is 10.3. The lowest BCUT2D eigenvalue weighted by Gasteiger charge is -2.36. The van der Waals surface area contributed by atoms with Crippen LogP contribution in [0.3, 0.4) is 0 Å². The smallest absolute Gasteiger partial charge is 0.111 e. The Morgan fingerprint density at radius 1 is 0.800 bits per heavy atom. The van der Waals surface area contributed by atoms with Crippen molar-refractivity contribution < 1.29 is 14.6 Å². The zero-order chi connectivity index (χ0) is 15.4. The van der Waals surface area contributed by atoms with Gasteiger partial charge in [-0.05, 0) is 33.6 Å². The summed E-state index contributed by atoms with van der Waals surface area (Å²) >= 11 is 0. The molecule has 20 heavy (non-hydrogen) atoms. The molecule has 0 saturated carbocycles. The highest BCUT2D eigenvalue weighted by molar-refractivity contribution is 4.63. The van der Waals surface area contributed by atoms with Gasteiger partial charge in [0, 0.05) is 13.2 Å². The summed E-state index contributed by atoms with van der Waals surface area (Å²) in [7, 11) is 0. The maximum atomic E-state index is 9.92. The first kappa shape index (κ1) is 19.8. The molecule has 0 radical (unpaired) electrons. The lowest BCUT2D eigenvalue weighted by molar-refractivity contribution is -0.196. The first-order valence-electron chi connectivity index (χ1n) is 8.23. The van der Waals surface area contributed by atoms with E-state index in [0.717, 1.165) is 26.1 Å². The first-order valence-corrected chi connectivity index (χ1v) is 8.23. The van der Waals surface area contributed by atoms with Crippen molar-refractivity contribution in [3.8, 4) is 0 Å². The Kier molecular flexibility index (Phi) is 12.5. The van der Waals surface area contributed by atoms with Crippen LogP contribution in [0.25, 0.3) is 0 Å². The first-order chi connectivity index (χ1) is 9.54. The van der Waals surface area contributed by atoms with E-state index in [2.05, 4.69) is 13.8 Å². The molecule has 4 nitrogen and oxygen atoms in total. The van der Waals surface area contributed by atoms with Crippen molar-refractivity contribution in [2.24, 2.45) is 0 Å². The molecular weight excluding hydrogens is 254 g/mol. The van der Waals surface area contributed by atoms with Crippen LogP contribution >= 0.6 is 0 Å². The van der Waals surface area contributed by atoms with Gasteiger partial charge in [-0.25, -0.2) is 4.90 Å². The minimum Gasteiger partial charge on any atom is -0.379 e. The number of ether oxygens (including phenoxy) is 2. The molecule has 0 bridgehead atoms. The quantitative estimate of drug-likeness (QED) is 0.414. The molecule has 0 aliphatic heterocycles. The Balaban J connectivity index is 4.10. The maximum absolute atomic E-state index is 9.92. The molecule has 0 amide bonds. The van der Waals surface area contributed by atoms with Gasteiger partial charge in [0.05, 0.1) is 0 Å². The van der Waals surface area contributed by atoms with Crippen LogP contribution in [-0.4, -0.2) is 41.9 Å². The van der Waals surface area contributed by atoms with Crippen LogP contribution in [0.2, 0.25) is 0 Å². The highest BCUT2D eigenvalue weighted by Gasteiger charge is 2.25. The average Bonchev–Trinajstić information content (AvgIpc) is 2.39. The lowest BCUT2D eigenvalue weighted by Crippen LogP contribution is -2.48. The third kappa shape index (κ3) is 8.90. The largest absolute Gasteiger partial charge is 0.379 e. The fraction of sp³-hybridized carbons (Fsp3) is 1.00. The Labute approximate surface area is 125 Å². The van der Waals surface area contributed by atoms with Gasteiger partial charge in [0.1, 0.15) is 18.7 Å². The van der Waals surface area contributed by atoms with Gasteiger partial charge in [-0.1, -0.05) is 39.5 Å². The summed E-state index contributed by atoms with van der Waals surface area (Å²) in [6.07, 6.45) is 6.05. The number of aliphatic hydroxyl groups excluding tert-OH is 1. The predicted molar refractivity (Wildman–Crippen MR) is 83.4 cm³/mol. The molecule has 3 unspecified atom stereocenters. The summed E-state index contributed by atoms with van der Waals surface area (Å²) in [4.78, 5) is 1.87. The van der Waals surface area contributed by atoms with Crippen molar-refractivity contribution in [2.45, 2.75) is 91.8 Å². The van der Waals surface area contributed by atoms with Gasteiger partial charge in [0.15, 0.2) is 0 Å². The Morgan fingerprint density at radius 2 is 1.20 bits per heavy atom. The predicted octanol–water partition coefficient (Wildman–Crippen LogP) is 3.73. The van der Waals surface area contributed by atoms with E-state index in [1.54, 1.807) is 6.92 Å². The van der Waals surface area contributed by atoms with E-state index in [1.165, 1.54) is 25.7 Å². The molecule has 3 atom stereocenters. The minimum atomic E-state index is -0.572. The molecule has 0 aliphatic carbocycles. The van der Waals surface area contributed by atoms with E-state index in [-0.39, 0.29) is 12.5 Å². The van der Waals surface area contributed by atoms with Crippen LogP contribution < -0.4 is 0 Å². The number of rotatable bonds is 13. The normalized spacial score (nSPS) is 16.4. The standard InChI is InChI=1S/C16H35NO3/c1-6-8-10-12-19-15(4)17(14(3)18)16(5)20-13-11-9-7-2/h14-16,18H,6-13H2,1-5H3. The van der Waals surface area contributed by atoms with Crippen LogP contribution in [0.1, 0.15) is 73.1 Å². The van der Waals surface area contributed by atoms with Crippen molar-refractivity contribution >= 4 is 0 Å². The van der Waals surface area contributed by atoms with Crippen molar-refractivity contribution in [1.82, 2.24) is 4.90 Å². The molecule has 122 valence electrons. The van der Waals surface area contributed by atoms with Crippen LogP contribution in [0.5, 0.6) is 0 Å². The fourth-order valence-corrected chi connectivity index (χ4v) is 2.29. The molecule has 0 spiro atoms. The van der Waals surface area contributed by atoms with Crippen molar-refractivity contribution in [3.63, 3.8) is 0 Å². The zero-order valence-electron chi connectivity index (χ0n) is 14.1. The van der Waals surface area contributed by atoms with E-state index in [0.29, 0.717) is 0 Å². The topological polar surface area (TPSA) is 41.9 Å². The van der Waals surface area contributed by atoms with Gasteiger partial charge < -0.3 is 14.6 Å².